The minimum atomic E-state index is -4.06. The highest BCUT2D eigenvalue weighted by Gasteiger charge is 2.32. The van der Waals surface area contributed by atoms with Crippen LogP contribution in [0, 0.1) is 5.92 Å². The first-order valence-corrected chi connectivity index (χ1v) is 19.0. The highest BCUT2D eigenvalue weighted by atomic mass is 35.5. The van der Waals surface area contributed by atoms with Gasteiger partial charge in [-0.15, -0.1) is 0 Å². The number of carbonyl (C=O) groups is 1. The van der Waals surface area contributed by atoms with Crippen molar-refractivity contribution in [2.24, 2.45) is 13.0 Å². The van der Waals surface area contributed by atoms with Gasteiger partial charge in [-0.3, -0.25) is 9.52 Å². The van der Waals surface area contributed by atoms with Gasteiger partial charge in [0.05, 0.1) is 41.6 Å². The number of nitrogens with zero attached hydrogens (tertiary/aromatic N) is 4. The average Bonchev–Trinajstić information content (AvgIpc) is 3.49. The Labute approximate surface area is 287 Å². The number of aryl methyl sites for hydroxylation is 1. The number of imidazole rings is 1. The quantitative estimate of drug-likeness (QED) is 0.333. The molecule has 0 unspecified atom stereocenters. The molecule has 0 radical (unpaired) electrons. The Kier molecular flexibility index (Phi) is 12.5. The number of likely N-dealkylation sites (N-methyl/N-ethyl adjacent to an activating group) is 1. The predicted molar refractivity (Wildman–Crippen MR) is 182 cm³/mol. The molecule has 4 rings (SSSR count). The summed E-state index contributed by atoms with van der Waals surface area (Å²) in [5, 5.41) is 10.4. The summed E-state index contributed by atoms with van der Waals surface area (Å²) in [5.41, 5.74) is 0.234. The van der Waals surface area contributed by atoms with Gasteiger partial charge in [0.2, 0.25) is 10.0 Å². The highest BCUT2D eigenvalue weighted by Crippen LogP contribution is 2.30. The summed E-state index contributed by atoms with van der Waals surface area (Å²) >= 11 is 5.97. The smallest absolute Gasteiger partial charge is 0.280 e. The first-order valence-electron chi connectivity index (χ1n) is 15.7. The van der Waals surface area contributed by atoms with Gasteiger partial charge in [-0.25, -0.2) is 13.4 Å². The molecule has 0 fully saturated rings. The van der Waals surface area contributed by atoms with Crippen molar-refractivity contribution in [3.05, 3.63) is 65.6 Å². The Morgan fingerprint density at radius 3 is 2.48 bits per heavy atom. The average molecular weight is 726 g/mol. The maximum absolute atomic E-state index is 14.3. The summed E-state index contributed by atoms with van der Waals surface area (Å²) in [7, 11) is -4.80. The Hall–Kier alpha value is -3.21. The molecule has 0 saturated heterocycles. The molecule has 1 aliphatic rings. The molecule has 0 aliphatic carbocycles. The van der Waals surface area contributed by atoms with E-state index >= 15 is 0 Å². The second kappa shape index (κ2) is 16.0. The van der Waals surface area contributed by atoms with Gasteiger partial charge in [-0.2, -0.15) is 12.7 Å². The molecular weight excluding hydrogens is 682 g/mol. The van der Waals surface area contributed by atoms with Gasteiger partial charge < -0.3 is 24.0 Å². The van der Waals surface area contributed by atoms with Gasteiger partial charge in [0.1, 0.15) is 5.75 Å². The molecule has 2 N–H and O–H groups in total. The van der Waals surface area contributed by atoms with Crippen LogP contribution in [0.5, 0.6) is 5.75 Å². The molecule has 48 heavy (non-hydrogen) atoms. The van der Waals surface area contributed by atoms with Crippen LogP contribution >= 0.6 is 11.6 Å². The van der Waals surface area contributed by atoms with E-state index in [1.807, 2.05) is 13.8 Å². The van der Waals surface area contributed by atoms with Gasteiger partial charge in [-0.05, 0) is 75.6 Å². The molecule has 0 bridgehead atoms. The number of anilines is 1. The molecule has 0 saturated carbocycles. The van der Waals surface area contributed by atoms with Gasteiger partial charge in [-0.1, -0.05) is 18.5 Å². The number of ether oxygens (including phenoxy) is 2. The topological polar surface area (TPSA) is 160 Å². The van der Waals surface area contributed by atoms with E-state index in [1.54, 1.807) is 20.0 Å². The van der Waals surface area contributed by atoms with Crippen LogP contribution in [0.2, 0.25) is 5.02 Å². The van der Waals surface area contributed by atoms with Crippen LogP contribution in [-0.2, 0) is 31.8 Å². The maximum atomic E-state index is 14.3. The number of aliphatic hydroxyl groups excluding tert-OH is 1. The second-order valence-corrected chi connectivity index (χ2v) is 16.3. The molecule has 2 heterocycles. The van der Waals surface area contributed by atoms with Crippen molar-refractivity contribution in [2.45, 2.75) is 68.2 Å². The summed E-state index contributed by atoms with van der Waals surface area (Å²) < 4.78 is 70.6. The fraction of sp³-hybridized carbons (Fsp3) is 0.500. The van der Waals surface area contributed by atoms with Crippen molar-refractivity contribution in [3.8, 4) is 5.75 Å². The van der Waals surface area contributed by atoms with Gasteiger partial charge in [0.15, 0.2) is 5.03 Å². The monoisotopic (exact) mass is 725 g/mol. The van der Waals surface area contributed by atoms with Crippen LogP contribution in [-0.4, -0.2) is 98.2 Å². The highest BCUT2D eigenvalue weighted by molar-refractivity contribution is 7.92. The summed E-state index contributed by atoms with van der Waals surface area (Å²) in [6, 6.07) is 9.76. The third kappa shape index (κ3) is 9.27. The summed E-state index contributed by atoms with van der Waals surface area (Å²) in [6.45, 7) is 5.56. The first kappa shape index (κ1) is 37.6. The van der Waals surface area contributed by atoms with Crippen molar-refractivity contribution in [2.75, 3.05) is 38.1 Å². The molecule has 13 nitrogen and oxygen atoms in total. The molecular formula is C32H44ClN5O8S2. The largest absolute Gasteiger partial charge is 0.490 e. The number of halogens is 1. The normalized spacial score (nSPS) is 20.9. The maximum Gasteiger partial charge on any atom is 0.280 e. The van der Waals surface area contributed by atoms with Crippen LogP contribution in [0.15, 0.2) is 64.9 Å². The predicted octanol–water partition coefficient (Wildman–Crippen LogP) is 3.99. The van der Waals surface area contributed by atoms with Crippen molar-refractivity contribution in [1.29, 1.82) is 0 Å². The van der Waals surface area contributed by atoms with Crippen LogP contribution < -0.4 is 9.46 Å². The van der Waals surface area contributed by atoms with Crippen LogP contribution in [0.4, 0.5) is 5.69 Å². The molecule has 0 spiro atoms. The van der Waals surface area contributed by atoms with E-state index in [1.165, 1.54) is 69.7 Å². The Bertz CT molecular complexity index is 1770. The van der Waals surface area contributed by atoms with Crippen molar-refractivity contribution in [1.82, 2.24) is 18.8 Å². The molecule has 1 amide bonds. The van der Waals surface area contributed by atoms with Crippen LogP contribution in [0.25, 0.3) is 0 Å². The zero-order valence-corrected chi connectivity index (χ0v) is 30.1. The minimum Gasteiger partial charge on any atom is -0.490 e. The Morgan fingerprint density at radius 2 is 1.83 bits per heavy atom. The number of amides is 1. The number of sulfonamides is 2. The van der Waals surface area contributed by atoms with Crippen LogP contribution in [0.1, 0.15) is 50.4 Å². The number of rotatable bonds is 9. The number of fused-ring (bicyclic) bond motifs is 1. The number of aliphatic hydroxyl groups is 1. The lowest BCUT2D eigenvalue weighted by atomic mass is 10.0. The number of nitrogens with one attached hydrogen (secondary N) is 1. The SMILES string of the molecule is C[C@@H]1CCCCO[C@H](CN(C)S(=O)(=O)c2ccc(Cl)cc2)[C@@H](C)CN([C@@H](C)CO)C(=O)c2cc(NS(=O)(=O)c3cn(C)cn3)ccc2O1. The Balaban J connectivity index is 1.67. The third-order valence-corrected chi connectivity index (χ3v) is 11.6. The minimum absolute atomic E-state index is 0.0111. The van der Waals surface area contributed by atoms with Gasteiger partial charge >= 0.3 is 0 Å². The lowest BCUT2D eigenvalue weighted by molar-refractivity contribution is -0.00833. The second-order valence-electron chi connectivity index (χ2n) is 12.2. The van der Waals surface area contributed by atoms with Crippen molar-refractivity contribution < 1.29 is 36.2 Å². The van der Waals surface area contributed by atoms with Crippen molar-refractivity contribution in [3.63, 3.8) is 0 Å². The molecule has 4 atom stereocenters. The van der Waals surface area contributed by atoms with Crippen LogP contribution in [0.3, 0.4) is 0 Å². The number of carbonyl (C=O) groups excluding carboxylic acids is 1. The zero-order valence-electron chi connectivity index (χ0n) is 27.7. The summed E-state index contributed by atoms with van der Waals surface area (Å²) in [5.74, 6) is -0.611. The summed E-state index contributed by atoms with van der Waals surface area (Å²) in [4.78, 5) is 19.8. The zero-order chi connectivity index (χ0) is 35.2. The fourth-order valence-corrected chi connectivity index (χ4v) is 7.66. The lowest BCUT2D eigenvalue weighted by Crippen LogP contribution is -2.48. The number of aromatic nitrogens is 2. The van der Waals surface area contributed by atoms with E-state index in [9.17, 15) is 26.7 Å². The lowest BCUT2D eigenvalue weighted by Gasteiger charge is -2.35. The van der Waals surface area contributed by atoms with E-state index in [-0.39, 0.29) is 58.6 Å². The first-order chi connectivity index (χ1) is 22.6. The molecule has 1 aromatic heterocycles. The van der Waals surface area contributed by atoms with E-state index < -0.39 is 38.1 Å². The standard InChI is InChI=1S/C32H44ClN5O8S2/c1-22-17-38(23(2)20-39)32(40)28-16-26(35-47(41,42)31-19-36(4)21-34-31)11-14-29(28)46-24(3)8-6-7-15-45-30(22)18-37(5)48(43,44)27-12-9-25(33)10-13-27/h9-14,16,19,21-24,30,35,39H,6-8,15,17-18,20H2,1-5H3/t22-,23-,24+,30+/m0/s1. The third-order valence-electron chi connectivity index (χ3n) is 8.22. The van der Waals surface area contributed by atoms with E-state index in [0.717, 1.165) is 6.42 Å². The fourth-order valence-electron chi connectivity index (χ4n) is 5.32. The Morgan fingerprint density at radius 1 is 1.12 bits per heavy atom. The summed E-state index contributed by atoms with van der Waals surface area (Å²) in [6.07, 6.45) is 3.93. The van der Waals surface area contributed by atoms with Crippen molar-refractivity contribution >= 4 is 43.2 Å². The molecule has 1 aliphatic heterocycles. The van der Waals surface area contributed by atoms with E-state index in [2.05, 4.69) is 9.71 Å². The molecule has 2 aromatic carbocycles. The molecule has 264 valence electrons. The number of hydrogen-bond donors (Lipinski definition) is 2. The molecule has 16 heteroatoms. The number of hydrogen-bond acceptors (Lipinski definition) is 9. The van der Waals surface area contributed by atoms with E-state index in [0.29, 0.717) is 24.5 Å². The van der Waals surface area contributed by atoms with Gasteiger partial charge in [0, 0.05) is 56.6 Å². The molecule has 3 aromatic rings. The van der Waals surface area contributed by atoms with Gasteiger partial charge in [0.25, 0.3) is 15.9 Å². The number of benzene rings is 2. The van der Waals surface area contributed by atoms with E-state index in [4.69, 9.17) is 21.1 Å².